The lowest BCUT2D eigenvalue weighted by Gasteiger charge is -2.24. The Bertz CT molecular complexity index is 1440. The Morgan fingerprint density at radius 3 is 2.28 bits per heavy atom. The van der Waals surface area contributed by atoms with Crippen LogP contribution >= 0.6 is 11.3 Å². The van der Waals surface area contributed by atoms with Crippen molar-refractivity contribution >= 4 is 29.2 Å². The van der Waals surface area contributed by atoms with Gasteiger partial charge < -0.3 is 14.8 Å². The molecule has 0 unspecified atom stereocenters. The standard InChI is InChI=1S/C30H34F3N5O4S/c1-2-34-29(40)38-25-14-22(27-37-24(17-43-27)30(31,32)33)23(16-35-25)21-13-18(28(39)42-20-11-7-4-8-12-20)15-36-26(21)41-19-9-5-3-6-10-19/h13-17,19-20H,2-12H2,1H3,(H2,34,35,38,40). The highest BCUT2D eigenvalue weighted by molar-refractivity contribution is 7.13. The molecule has 0 saturated heterocycles. The topological polar surface area (TPSA) is 115 Å². The van der Waals surface area contributed by atoms with Crippen LogP contribution in [-0.4, -0.2) is 45.7 Å². The van der Waals surface area contributed by atoms with Gasteiger partial charge in [0.15, 0.2) is 5.69 Å². The van der Waals surface area contributed by atoms with Crippen LogP contribution in [0.1, 0.15) is 87.2 Å². The first-order chi connectivity index (χ1) is 20.7. The van der Waals surface area contributed by atoms with E-state index in [1.807, 2.05) is 0 Å². The van der Waals surface area contributed by atoms with Gasteiger partial charge in [-0.05, 0) is 70.4 Å². The summed E-state index contributed by atoms with van der Waals surface area (Å²) < 4.78 is 52.7. The molecule has 0 atom stereocenters. The zero-order valence-corrected chi connectivity index (χ0v) is 24.7. The summed E-state index contributed by atoms with van der Waals surface area (Å²) >= 11 is 0.811. The van der Waals surface area contributed by atoms with Crippen LogP contribution < -0.4 is 15.4 Å². The monoisotopic (exact) mass is 617 g/mol. The van der Waals surface area contributed by atoms with Crippen LogP contribution in [0.5, 0.6) is 5.88 Å². The van der Waals surface area contributed by atoms with E-state index in [-0.39, 0.29) is 40.0 Å². The van der Waals surface area contributed by atoms with Crippen molar-refractivity contribution < 1.29 is 32.2 Å². The molecule has 0 aromatic carbocycles. The number of nitrogens with one attached hydrogen (secondary N) is 2. The maximum atomic E-state index is 13.5. The molecule has 2 amide bonds. The molecule has 0 radical (unpaired) electrons. The van der Waals surface area contributed by atoms with Crippen LogP contribution in [0.15, 0.2) is 29.9 Å². The van der Waals surface area contributed by atoms with Gasteiger partial charge in [0.1, 0.15) is 23.0 Å². The van der Waals surface area contributed by atoms with E-state index in [1.54, 1.807) is 13.0 Å². The van der Waals surface area contributed by atoms with Crippen LogP contribution in [0.25, 0.3) is 21.7 Å². The molecular weight excluding hydrogens is 583 g/mol. The van der Waals surface area contributed by atoms with Gasteiger partial charge in [0, 0.05) is 41.0 Å². The Kier molecular flexibility index (Phi) is 9.79. The molecule has 3 aromatic heterocycles. The van der Waals surface area contributed by atoms with E-state index in [0.717, 1.165) is 80.9 Å². The Morgan fingerprint density at radius 1 is 0.930 bits per heavy atom. The van der Waals surface area contributed by atoms with Gasteiger partial charge >= 0.3 is 18.2 Å². The van der Waals surface area contributed by atoms with Crippen molar-refractivity contribution in [2.45, 2.75) is 89.5 Å². The zero-order valence-electron chi connectivity index (χ0n) is 23.8. The SMILES string of the molecule is CCNC(=O)Nc1cc(-c2nc(C(F)(F)F)cs2)c(-c2cc(C(=O)OC3CCCCC3)cnc2OC2CCCCC2)cn1. The lowest BCUT2D eigenvalue weighted by atomic mass is 9.97. The van der Waals surface area contributed by atoms with Crippen molar-refractivity contribution in [2.75, 3.05) is 11.9 Å². The number of carbonyl (C=O) groups excluding carboxylic acids is 2. The predicted octanol–water partition coefficient (Wildman–Crippen LogP) is 7.63. The quantitative estimate of drug-likeness (QED) is 0.250. The normalized spacial score (nSPS) is 16.5. The molecule has 230 valence electrons. The first-order valence-corrected chi connectivity index (χ1v) is 15.5. The molecule has 0 aliphatic heterocycles. The number of alkyl halides is 3. The number of nitrogens with zero attached hydrogens (tertiary/aromatic N) is 3. The van der Waals surface area contributed by atoms with Gasteiger partial charge in [0.05, 0.1) is 5.56 Å². The second-order valence-corrected chi connectivity index (χ2v) is 11.6. The number of hydrogen-bond donors (Lipinski definition) is 2. The van der Waals surface area contributed by atoms with Gasteiger partial charge in [0.25, 0.3) is 0 Å². The third kappa shape index (κ3) is 7.81. The first-order valence-electron chi connectivity index (χ1n) is 14.7. The summed E-state index contributed by atoms with van der Waals surface area (Å²) in [6.45, 7) is 2.12. The van der Waals surface area contributed by atoms with E-state index in [4.69, 9.17) is 9.47 Å². The summed E-state index contributed by atoms with van der Waals surface area (Å²) in [5.74, 6) is -0.173. The third-order valence-corrected chi connectivity index (χ3v) is 8.42. The molecule has 5 rings (SSSR count). The number of halogens is 3. The van der Waals surface area contributed by atoms with Gasteiger partial charge in [-0.2, -0.15) is 13.2 Å². The van der Waals surface area contributed by atoms with E-state index in [9.17, 15) is 22.8 Å². The lowest BCUT2D eigenvalue weighted by molar-refractivity contribution is -0.140. The number of rotatable bonds is 8. The highest BCUT2D eigenvalue weighted by atomic mass is 32.1. The summed E-state index contributed by atoms with van der Waals surface area (Å²) in [7, 11) is 0. The molecule has 0 bridgehead atoms. The van der Waals surface area contributed by atoms with Crippen molar-refractivity contribution in [2.24, 2.45) is 0 Å². The van der Waals surface area contributed by atoms with Gasteiger partial charge in [-0.3, -0.25) is 5.32 Å². The Morgan fingerprint density at radius 2 is 1.63 bits per heavy atom. The molecule has 2 aliphatic carbocycles. The Hall–Kier alpha value is -3.74. The van der Waals surface area contributed by atoms with Gasteiger partial charge in [-0.1, -0.05) is 12.8 Å². The molecule has 43 heavy (non-hydrogen) atoms. The number of amides is 2. The number of ether oxygens (including phenoxy) is 2. The lowest BCUT2D eigenvalue weighted by Crippen LogP contribution is -2.28. The number of urea groups is 1. The maximum absolute atomic E-state index is 13.5. The number of carbonyl (C=O) groups is 2. The van der Waals surface area contributed by atoms with Crippen molar-refractivity contribution in [3.05, 3.63) is 41.2 Å². The maximum Gasteiger partial charge on any atom is 0.434 e. The van der Waals surface area contributed by atoms with Gasteiger partial charge in [-0.15, -0.1) is 11.3 Å². The molecule has 3 heterocycles. The Labute approximate surface area is 251 Å². The summed E-state index contributed by atoms with van der Waals surface area (Å²) in [5.41, 5.74) is 0.169. The van der Waals surface area contributed by atoms with Crippen LogP contribution in [0.2, 0.25) is 0 Å². The molecule has 0 spiro atoms. The van der Waals surface area contributed by atoms with Crippen molar-refractivity contribution in [1.29, 1.82) is 0 Å². The first kappa shape index (κ1) is 30.7. The zero-order chi connectivity index (χ0) is 30.4. The number of aromatic nitrogens is 3. The molecule has 2 N–H and O–H groups in total. The number of hydrogen-bond acceptors (Lipinski definition) is 8. The van der Waals surface area contributed by atoms with E-state index in [2.05, 4.69) is 25.6 Å². The van der Waals surface area contributed by atoms with Crippen molar-refractivity contribution in [3.8, 4) is 27.6 Å². The fourth-order valence-electron chi connectivity index (χ4n) is 5.36. The smallest absolute Gasteiger partial charge is 0.434 e. The highest BCUT2D eigenvalue weighted by Crippen LogP contribution is 2.41. The number of esters is 1. The van der Waals surface area contributed by atoms with E-state index in [1.165, 1.54) is 18.5 Å². The fourth-order valence-corrected chi connectivity index (χ4v) is 6.21. The minimum Gasteiger partial charge on any atom is -0.474 e. The fraction of sp³-hybridized carbons (Fsp3) is 0.500. The van der Waals surface area contributed by atoms with Gasteiger partial charge in [-0.25, -0.2) is 24.5 Å². The highest BCUT2D eigenvalue weighted by Gasteiger charge is 2.34. The second kappa shape index (κ2) is 13.7. The van der Waals surface area contributed by atoms with Crippen LogP contribution in [-0.2, 0) is 10.9 Å². The predicted molar refractivity (Wildman–Crippen MR) is 156 cm³/mol. The molecule has 9 nitrogen and oxygen atoms in total. The van der Waals surface area contributed by atoms with Crippen LogP contribution in [0.4, 0.5) is 23.8 Å². The molecule has 2 fully saturated rings. The average molecular weight is 618 g/mol. The van der Waals surface area contributed by atoms with Crippen molar-refractivity contribution in [3.63, 3.8) is 0 Å². The van der Waals surface area contributed by atoms with Crippen LogP contribution in [0, 0.1) is 0 Å². The Balaban J connectivity index is 1.58. The molecule has 2 aliphatic rings. The summed E-state index contributed by atoms with van der Waals surface area (Å²) in [4.78, 5) is 38.1. The second-order valence-electron chi connectivity index (χ2n) is 10.8. The third-order valence-electron chi connectivity index (χ3n) is 7.54. The number of anilines is 1. The van der Waals surface area contributed by atoms with Crippen molar-refractivity contribution in [1.82, 2.24) is 20.3 Å². The van der Waals surface area contributed by atoms with Crippen LogP contribution in [0.3, 0.4) is 0 Å². The van der Waals surface area contributed by atoms with Gasteiger partial charge in [0.2, 0.25) is 5.88 Å². The summed E-state index contributed by atoms with van der Waals surface area (Å²) in [5, 5.41) is 6.19. The molecule has 13 heteroatoms. The number of pyridine rings is 2. The summed E-state index contributed by atoms with van der Waals surface area (Å²) in [6.07, 6.45) is 7.47. The molecule has 2 saturated carbocycles. The minimum atomic E-state index is -4.64. The average Bonchev–Trinajstić information content (AvgIpc) is 3.50. The molecule has 3 aromatic rings. The van der Waals surface area contributed by atoms with E-state index >= 15 is 0 Å². The number of thiazole rings is 1. The largest absolute Gasteiger partial charge is 0.474 e. The summed E-state index contributed by atoms with van der Waals surface area (Å²) in [6, 6.07) is 2.53. The van der Waals surface area contributed by atoms with E-state index < -0.39 is 23.9 Å². The minimum absolute atomic E-state index is 0.0578. The van der Waals surface area contributed by atoms with E-state index in [0.29, 0.717) is 17.7 Å². The molecular formula is C30H34F3N5O4S.